The second kappa shape index (κ2) is 17.1. The predicted molar refractivity (Wildman–Crippen MR) is 171 cm³/mol. The number of carbonyl (C=O) groups excluding carboxylic acids is 5. The number of carbonyl (C=O) groups is 6. The minimum atomic E-state index is -1.85. The second-order valence-corrected chi connectivity index (χ2v) is 10.7. The van der Waals surface area contributed by atoms with Crippen LogP contribution in [0.5, 0.6) is 0 Å². The number of esters is 1. The zero-order valence-electron chi connectivity index (χ0n) is 26.0. The van der Waals surface area contributed by atoms with Crippen LogP contribution in [-0.2, 0) is 33.4 Å². The molecule has 0 unspecified atom stereocenters. The Kier molecular flexibility index (Phi) is 12.8. The van der Waals surface area contributed by atoms with Crippen LogP contribution >= 0.6 is 0 Å². The van der Waals surface area contributed by atoms with Gasteiger partial charge in [-0.2, -0.15) is 9.28 Å². The summed E-state index contributed by atoms with van der Waals surface area (Å²) >= 11 is 0. The lowest BCUT2D eigenvalue weighted by molar-refractivity contribution is -0.156. The smallest absolute Gasteiger partial charge is 0.480 e. The summed E-state index contributed by atoms with van der Waals surface area (Å²) in [7, 11) is 0. The highest BCUT2D eigenvalue weighted by atomic mass is 16.6. The Morgan fingerprint density at radius 1 is 0.792 bits per heavy atom. The minimum absolute atomic E-state index is 0.0226. The van der Waals surface area contributed by atoms with Gasteiger partial charge in [0.15, 0.2) is 11.0 Å². The van der Waals surface area contributed by atoms with Crippen molar-refractivity contribution in [2.75, 3.05) is 72.1 Å². The first-order chi connectivity index (χ1) is 23.1. The molecule has 0 aliphatic carbocycles. The van der Waals surface area contributed by atoms with Crippen molar-refractivity contribution in [3.63, 3.8) is 0 Å². The zero-order chi connectivity index (χ0) is 34.5. The van der Waals surface area contributed by atoms with Crippen LogP contribution in [0, 0.1) is 0 Å². The molecule has 1 saturated heterocycles. The number of quaternary nitrogens is 1. The highest BCUT2D eigenvalue weighted by Crippen LogP contribution is 2.33. The summed E-state index contributed by atoms with van der Waals surface area (Å²) in [5, 5.41) is 19.8. The predicted octanol–water partition coefficient (Wildman–Crippen LogP) is -0.431. The lowest BCUT2D eigenvalue weighted by Gasteiger charge is -2.34. The Morgan fingerprint density at radius 2 is 1.44 bits per heavy atom. The first kappa shape index (κ1) is 35.7. The van der Waals surface area contributed by atoms with Crippen molar-refractivity contribution >= 4 is 52.4 Å². The van der Waals surface area contributed by atoms with Gasteiger partial charge < -0.3 is 40.3 Å². The molecule has 5 N–H and O–H groups in total. The van der Waals surface area contributed by atoms with Gasteiger partial charge in [0.25, 0.3) is 11.7 Å². The van der Waals surface area contributed by atoms with Crippen LogP contribution in [0.3, 0.4) is 0 Å². The van der Waals surface area contributed by atoms with Crippen molar-refractivity contribution in [3.8, 4) is 11.1 Å². The Bertz CT molecular complexity index is 1720. The van der Waals surface area contributed by atoms with E-state index in [4.69, 9.17) is 19.0 Å². The van der Waals surface area contributed by atoms with E-state index in [0.29, 0.717) is 31.7 Å². The van der Waals surface area contributed by atoms with E-state index in [0.717, 1.165) is 11.6 Å². The highest BCUT2D eigenvalue weighted by molar-refractivity contribution is 6.77. The highest BCUT2D eigenvalue weighted by Gasteiger charge is 2.48. The molecule has 0 spiro atoms. The van der Waals surface area contributed by atoms with E-state index in [1.165, 1.54) is 0 Å². The summed E-state index contributed by atoms with van der Waals surface area (Å²) in [6.45, 7) is 1.93. The van der Waals surface area contributed by atoms with Gasteiger partial charge in [0.05, 0.1) is 31.2 Å². The SMILES string of the molecule is O=C(O)CNCCNCCNCCNC(=O)C(=O)C(=O)C(=O)OC(=O)[N+]1(c2cc(=O)c3cccc(-c4ccccc4)c3o2)CCOCC1. The van der Waals surface area contributed by atoms with Gasteiger partial charge >= 0.3 is 29.7 Å². The minimum Gasteiger partial charge on any atom is -0.480 e. The van der Waals surface area contributed by atoms with Crippen molar-refractivity contribution in [2.24, 2.45) is 0 Å². The van der Waals surface area contributed by atoms with Crippen LogP contribution in [0.2, 0.25) is 0 Å². The number of Topliss-reactive ketones (excluding diaryl/α,β-unsaturated/α-hetero) is 2. The number of carboxylic acid groups (broad SMARTS) is 1. The Morgan fingerprint density at radius 3 is 2.10 bits per heavy atom. The number of morpholine rings is 1. The lowest BCUT2D eigenvalue weighted by atomic mass is 10.0. The molecule has 2 aromatic carbocycles. The van der Waals surface area contributed by atoms with Crippen LogP contribution in [0.15, 0.2) is 63.8 Å². The molecule has 0 atom stereocenters. The number of amides is 2. The third-order valence-electron chi connectivity index (χ3n) is 7.43. The molecule has 0 saturated carbocycles. The van der Waals surface area contributed by atoms with Crippen LogP contribution < -0.4 is 31.2 Å². The van der Waals surface area contributed by atoms with Gasteiger partial charge in [0.2, 0.25) is 0 Å². The number of carboxylic acids is 1. The molecule has 3 aromatic rings. The van der Waals surface area contributed by atoms with Gasteiger partial charge in [-0.3, -0.25) is 24.0 Å². The maximum Gasteiger partial charge on any atom is 0.532 e. The van der Waals surface area contributed by atoms with Crippen LogP contribution in [0.4, 0.5) is 10.7 Å². The first-order valence-corrected chi connectivity index (χ1v) is 15.2. The van der Waals surface area contributed by atoms with Gasteiger partial charge in [-0.1, -0.05) is 42.5 Å². The zero-order valence-corrected chi connectivity index (χ0v) is 26.0. The molecule has 4 rings (SSSR count). The largest absolute Gasteiger partial charge is 0.532 e. The Labute approximate surface area is 273 Å². The fraction of sp³-hybridized carbons (Fsp3) is 0.344. The van der Waals surface area contributed by atoms with Crippen molar-refractivity contribution in [2.45, 2.75) is 0 Å². The number of benzene rings is 2. The Balaban J connectivity index is 1.36. The summed E-state index contributed by atoms with van der Waals surface area (Å²) < 4.78 is 15.6. The van der Waals surface area contributed by atoms with E-state index in [1.807, 2.05) is 30.3 Å². The average molecular weight is 667 g/mol. The van der Waals surface area contributed by atoms with Crippen LogP contribution in [-0.4, -0.2) is 113 Å². The number of nitrogens with zero attached hydrogens (tertiary/aromatic N) is 1. The van der Waals surface area contributed by atoms with E-state index in [-0.39, 0.29) is 62.8 Å². The molecule has 1 aromatic heterocycles. The van der Waals surface area contributed by atoms with E-state index >= 15 is 0 Å². The second-order valence-electron chi connectivity index (χ2n) is 10.7. The van der Waals surface area contributed by atoms with Crippen molar-refractivity contribution in [1.29, 1.82) is 0 Å². The number of nitrogens with one attached hydrogen (secondary N) is 4. The molecule has 48 heavy (non-hydrogen) atoms. The van der Waals surface area contributed by atoms with E-state index in [9.17, 15) is 33.6 Å². The molecule has 2 heterocycles. The standard InChI is InChI=1S/C32H35N5O11/c38-24-19-25(47-29-22(7-4-8-23(24)29)21-5-2-1-3-6-21)37(15-17-46-18-16-37)32(45)48-31(44)28(42)27(41)30(43)36-14-13-34-10-9-33-11-12-35-20-26(39)40/h1-8,19,33-35H,9-18,20H2,(H-,36,39,40,43)/p+1. The third-order valence-corrected chi connectivity index (χ3v) is 7.43. The number of aliphatic carboxylic acids is 1. The number of para-hydroxylation sites is 1. The van der Waals surface area contributed by atoms with Crippen LogP contribution in [0.25, 0.3) is 22.1 Å². The molecule has 0 bridgehead atoms. The molecular weight excluding hydrogens is 630 g/mol. The molecule has 1 aliphatic heterocycles. The van der Waals surface area contributed by atoms with Gasteiger partial charge in [-0.25, -0.2) is 4.79 Å². The molecule has 16 heteroatoms. The monoisotopic (exact) mass is 666 g/mol. The molecule has 0 radical (unpaired) electrons. The van der Waals surface area contributed by atoms with Crippen molar-refractivity contribution in [3.05, 3.63) is 64.8 Å². The molecule has 2 amide bonds. The molecular formula is C32H36N5O11+. The van der Waals surface area contributed by atoms with Crippen molar-refractivity contribution in [1.82, 2.24) is 25.8 Å². The summed E-state index contributed by atoms with van der Waals surface area (Å²) in [5.41, 5.74) is 1.09. The molecule has 1 aliphatic rings. The van der Waals surface area contributed by atoms with Crippen LogP contribution in [0.1, 0.15) is 0 Å². The topological polar surface area (TPSA) is 219 Å². The third kappa shape index (κ3) is 9.02. The van der Waals surface area contributed by atoms with E-state index in [1.54, 1.807) is 18.2 Å². The fourth-order valence-corrected chi connectivity index (χ4v) is 4.92. The summed E-state index contributed by atoms with van der Waals surface area (Å²) in [4.78, 5) is 86.9. The maximum absolute atomic E-state index is 13.5. The molecule has 254 valence electrons. The normalized spacial score (nSPS) is 13.8. The quantitative estimate of drug-likeness (QED) is 0.0431. The van der Waals surface area contributed by atoms with E-state index in [2.05, 4.69) is 21.3 Å². The van der Waals surface area contributed by atoms with Crippen molar-refractivity contribution < 1.29 is 47.8 Å². The summed E-state index contributed by atoms with van der Waals surface area (Å²) in [6, 6.07) is 15.3. The Hall–Kier alpha value is -5.13. The summed E-state index contributed by atoms with van der Waals surface area (Å²) in [6.07, 6.45) is -1.28. The number of rotatable bonds is 16. The number of ketones is 2. The first-order valence-electron chi connectivity index (χ1n) is 15.2. The summed E-state index contributed by atoms with van der Waals surface area (Å²) in [5.74, 6) is -7.84. The number of fused-ring (bicyclic) bond motifs is 1. The van der Waals surface area contributed by atoms with Gasteiger partial charge in [-0.05, 0) is 11.6 Å². The number of ether oxygens (including phenoxy) is 2. The number of hydrogen-bond acceptors (Lipinski definition) is 13. The van der Waals surface area contributed by atoms with Gasteiger partial charge in [0.1, 0.15) is 13.1 Å². The number of hydrogen-bond donors (Lipinski definition) is 5. The fourth-order valence-electron chi connectivity index (χ4n) is 4.92. The van der Waals surface area contributed by atoms with E-state index < -0.39 is 45.4 Å². The lowest BCUT2D eigenvalue weighted by Crippen LogP contribution is -2.61. The molecule has 1 fully saturated rings. The maximum atomic E-state index is 13.5. The van der Waals surface area contributed by atoms with Gasteiger partial charge in [-0.15, -0.1) is 0 Å². The molecule has 16 nitrogen and oxygen atoms in total. The van der Waals surface area contributed by atoms with Gasteiger partial charge in [0, 0.05) is 44.8 Å². The average Bonchev–Trinajstić information content (AvgIpc) is 3.10.